The summed E-state index contributed by atoms with van der Waals surface area (Å²) in [5, 5.41) is 2.76. The van der Waals surface area contributed by atoms with Crippen LogP contribution in [0.1, 0.15) is 27.0 Å². The maximum absolute atomic E-state index is 12.7. The van der Waals surface area contributed by atoms with Crippen LogP contribution in [0, 0.1) is 13.8 Å². The summed E-state index contributed by atoms with van der Waals surface area (Å²) in [6, 6.07) is 15.1. The molecule has 6 nitrogen and oxygen atoms in total. The molecule has 3 aromatic rings. The number of hydrogen-bond donors (Lipinski definition) is 2. The number of amides is 1. The van der Waals surface area contributed by atoms with Gasteiger partial charge in [0.2, 0.25) is 0 Å². The average molecular weight is 395 g/mol. The molecule has 0 aliphatic carbocycles. The SMILES string of the molecule is Cc1cc(C)cc(NS(=O)(=O)c2cccc(C(=O)NCc3cccnc3)c2)c1. The Hall–Kier alpha value is -3.19. The minimum Gasteiger partial charge on any atom is -0.348 e. The van der Waals surface area contributed by atoms with Gasteiger partial charge in [-0.25, -0.2) is 8.42 Å². The lowest BCUT2D eigenvalue weighted by Crippen LogP contribution is -2.23. The van der Waals surface area contributed by atoms with Crippen molar-refractivity contribution in [2.24, 2.45) is 0 Å². The molecule has 0 bridgehead atoms. The fourth-order valence-corrected chi connectivity index (χ4v) is 3.93. The van der Waals surface area contributed by atoms with Gasteiger partial charge >= 0.3 is 0 Å². The summed E-state index contributed by atoms with van der Waals surface area (Å²) in [7, 11) is -3.81. The molecule has 0 spiro atoms. The average Bonchev–Trinajstić information content (AvgIpc) is 2.66. The fourth-order valence-electron chi connectivity index (χ4n) is 2.84. The fraction of sp³-hybridized carbons (Fsp3) is 0.143. The third-order valence-electron chi connectivity index (χ3n) is 4.06. The number of aromatic nitrogens is 1. The molecular formula is C21H21N3O3S. The molecule has 3 rings (SSSR count). The van der Waals surface area contributed by atoms with E-state index < -0.39 is 10.0 Å². The number of anilines is 1. The second-order valence-corrected chi connectivity index (χ2v) is 8.24. The molecule has 2 N–H and O–H groups in total. The number of pyridine rings is 1. The third-order valence-corrected chi connectivity index (χ3v) is 5.44. The van der Waals surface area contributed by atoms with Crippen LogP contribution in [0.2, 0.25) is 0 Å². The van der Waals surface area contributed by atoms with E-state index in [9.17, 15) is 13.2 Å². The van der Waals surface area contributed by atoms with Crippen molar-refractivity contribution in [1.29, 1.82) is 0 Å². The Kier molecular flexibility index (Phi) is 5.75. The van der Waals surface area contributed by atoms with Crippen molar-refractivity contribution in [3.05, 3.63) is 89.2 Å². The predicted molar refractivity (Wildman–Crippen MR) is 109 cm³/mol. The van der Waals surface area contributed by atoms with Gasteiger partial charge in [-0.1, -0.05) is 18.2 Å². The monoisotopic (exact) mass is 395 g/mol. The molecule has 0 saturated carbocycles. The number of carbonyl (C=O) groups is 1. The molecule has 0 atom stereocenters. The first kappa shape index (κ1) is 19.6. The van der Waals surface area contributed by atoms with E-state index in [2.05, 4.69) is 15.0 Å². The molecule has 1 amide bonds. The Morgan fingerprint density at radius 3 is 2.43 bits per heavy atom. The van der Waals surface area contributed by atoms with Crippen molar-refractivity contribution in [3.8, 4) is 0 Å². The van der Waals surface area contributed by atoms with Crippen molar-refractivity contribution in [2.75, 3.05) is 4.72 Å². The maximum atomic E-state index is 12.7. The smallest absolute Gasteiger partial charge is 0.261 e. The Balaban J connectivity index is 1.76. The lowest BCUT2D eigenvalue weighted by Gasteiger charge is -2.11. The van der Waals surface area contributed by atoms with Crippen LogP contribution < -0.4 is 10.0 Å². The quantitative estimate of drug-likeness (QED) is 0.669. The molecule has 1 aromatic heterocycles. The van der Waals surface area contributed by atoms with Gasteiger partial charge in [0, 0.05) is 30.2 Å². The molecule has 2 aromatic carbocycles. The van der Waals surface area contributed by atoms with E-state index in [1.54, 1.807) is 42.7 Å². The second-order valence-electron chi connectivity index (χ2n) is 6.55. The molecular weight excluding hydrogens is 374 g/mol. The highest BCUT2D eigenvalue weighted by molar-refractivity contribution is 7.92. The van der Waals surface area contributed by atoms with Crippen molar-refractivity contribution in [2.45, 2.75) is 25.3 Å². The van der Waals surface area contributed by atoms with Gasteiger partial charge in [0.25, 0.3) is 15.9 Å². The topological polar surface area (TPSA) is 88.2 Å². The zero-order valence-electron chi connectivity index (χ0n) is 15.6. The summed E-state index contributed by atoms with van der Waals surface area (Å²) in [4.78, 5) is 16.4. The first-order chi connectivity index (χ1) is 13.3. The molecule has 7 heteroatoms. The molecule has 0 radical (unpaired) electrons. The summed E-state index contributed by atoms with van der Waals surface area (Å²) in [5.41, 5.74) is 3.54. The van der Waals surface area contributed by atoms with E-state index >= 15 is 0 Å². The molecule has 28 heavy (non-hydrogen) atoms. The van der Waals surface area contributed by atoms with E-state index in [4.69, 9.17) is 0 Å². The molecule has 0 fully saturated rings. The zero-order valence-corrected chi connectivity index (χ0v) is 16.5. The summed E-state index contributed by atoms with van der Waals surface area (Å²) in [5.74, 6) is -0.354. The number of nitrogens with one attached hydrogen (secondary N) is 2. The van der Waals surface area contributed by atoms with E-state index in [1.807, 2.05) is 26.0 Å². The van der Waals surface area contributed by atoms with Gasteiger partial charge in [-0.2, -0.15) is 0 Å². The van der Waals surface area contributed by atoms with E-state index in [1.165, 1.54) is 12.1 Å². The number of aryl methyl sites for hydroxylation is 2. The molecule has 1 heterocycles. The van der Waals surface area contributed by atoms with Crippen LogP contribution in [-0.4, -0.2) is 19.3 Å². The molecule has 0 aliphatic rings. The predicted octanol–water partition coefficient (Wildman–Crippen LogP) is 3.43. The maximum Gasteiger partial charge on any atom is 0.261 e. The number of benzene rings is 2. The van der Waals surface area contributed by atoms with Crippen LogP contribution in [0.25, 0.3) is 0 Å². The third kappa shape index (κ3) is 4.95. The highest BCUT2D eigenvalue weighted by atomic mass is 32.2. The van der Waals surface area contributed by atoms with E-state index in [-0.39, 0.29) is 16.4 Å². The van der Waals surface area contributed by atoms with Crippen LogP contribution in [0.3, 0.4) is 0 Å². The molecule has 0 saturated heterocycles. The summed E-state index contributed by atoms with van der Waals surface area (Å²) in [6.07, 6.45) is 3.32. The van der Waals surface area contributed by atoms with E-state index in [0.29, 0.717) is 12.2 Å². The lowest BCUT2D eigenvalue weighted by atomic mass is 10.1. The Bertz CT molecular complexity index is 1080. The van der Waals surface area contributed by atoms with Crippen LogP contribution in [-0.2, 0) is 16.6 Å². The van der Waals surface area contributed by atoms with Crippen molar-refractivity contribution in [1.82, 2.24) is 10.3 Å². The zero-order chi connectivity index (χ0) is 20.1. The van der Waals surface area contributed by atoms with E-state index in [0.717, 1.165) is 16.7 Å². The van der Waals surface area contributed by atoms with Crippen molar-refractivity contribution < 1.29 is 13.2 Å². The first-order valence-corrected chi connectivity index (χ1v) is 10.2. The van der Waals surface area contributed by atoms with Gasteiger partial charge in [0.15, 0.2) is 0 Å². The van der Waals surface area contributed by atoms with Crippen LogP contribution in [0.15, 0.2) is 71.9 Å². The van der Waals surface area contributed by atoms with Gasteiger partial charge < -0.3 is 5.32 Å². The largest absolute Gasteiger partial charge is 0.348 e. The second kappa shape index (κ2) is 8.22. The molecule has 0 unspecified atom stereocenters. The standard InChI is InChI=1S/C21H21N3O3S/c1-15-9-16(2)11-19(10-15)24-28(26,27)20-7-3-6-18(12-20)21(25)23-14-17-5-4-8-22-13-17/h3-13,24H,14H2,1-2H3,(H,23,25). The highest BCUT2D eigenvalue weighted by Gasteiger charge is 2.17. The number of sulfonamides is 1. The van der Waals surface area contributed by atoms with Gasteiger partial charge in [0.1, 0.15) is 0 Å². The van der Waals surface area contributed by atoms with Crippen LogP contribution >= 0.6 is 0 Å². The number of nitrogens with zero attached hydrogens (tertiary/aromatic N) is 1. The normalized spacial score (nSPS) is 11.1. The molecule has 0 aliphatic heterocycles. The summed E-state index contributed by atoms with van der Waals surface area (Å²) in [6.45, 7) is 4.11. The highest BCUT2D eigenvalue weighted by Crippen LogP contribution is 2.20. The Labute approximate surface area is 164 Å². The number of rotatable bonds is 6. The lowest BCUT2D eigenvalue weighted by molar-refractivity contribution is 0.0950. The summed E-state index contributed by atoms with van der Waals surface area (Å²) < 4.78 is 28.0. The minimum absolute atomic E-state index is 0.0284. The van der Waals surface area contributed by atoms with Crippen LogP contribution in [0.5, 0.6) is 0 Å². The van der Waals surface area contributed by atoms with Gasteiger partial charge in [-0.05, 0) is 66.9 Å². The van der Waals surface area contributed by atoms with Gasteiger partial charge in [-0.15, -0.1) is 0 Å². The summed E-state index contributed by atoms with van der Waals surface area (Å²) >= 11 is 0. The Morgan fingerprint density at radius 1 is 1.00 bits per heavy atom. The van der Waals surface area contributed by atoms with Crippen molar-refractivity contribution in [3.63, 3.8) is 0 Å². The van der Waals surface area contributed by atoms with Gasteiger partial charge in [-0.3, -0.25) is 14.5 Å². The van der Waals surface area contributed by atoms with Crippen LogP contribution in [0.4, 0.5) is 5.69 Å². The Morgan fingerprint density at radius 2 is 1.75 bits per heavy atom. The van der Waals surface area contributed by atoms with Gasteiger partial charge in [0.05, 0.1) is 4.90 Å². The minimum atomic E-state index is -3.81. The molecule has 144 valence electrons. The number of hydrogen-bond acceptors (Lipinski definition) is 4. The first-order valence-electron chi connectivity index (χ1n) is 8.72. The number of carbonyl (C=O) groups excluding carboxylic acids is 1. The van der Waals surface area contributed by atoms with Crippen molar-refractivity contribution >= 4 is 21.6 Å².